The lowest BCUT2D eigenvalue weighted by Crippen LogP contribution is -2.24. The van der Waals surface area contributed by atoms with Gasteiger partial charge in [0.05, 0.1) is 11.4 Å². The lowest BCUT2D eigenvalue weighted by Gasteiger charge is -2.31. The van der Waals surface area contributed by atoms with Crippen LogP contribution in [0.2, 0.25) is 0 Å². The van der Waals surface area contributed by atoms with Crippen LogP contribution >= 0.6 is 11.6 Å². The summed E-state index contributed by atoms with van der Waals surface area (Å²) in [6.07, 6.45) is 22.7. The second-order valence-electron chi connectivity index (χ2n) is 10.7. The third-order valence-electron chi connectivity index (χ3n) is 8.27. The molecule has 1 heterocycles. The number of aryl methyl sites for hydroxylation is 1. The molecule has 0 spiro atoms. The second kappa shape index (κ2) is 13.8. The number of alkyl halides is 1. The Labute approximate surface area is 197 Å². The molecule has 2 nitrogen and oxygen atoms in total. The highest BCUT2D eigenvalue weighted by Crippen LogP contribution is 2.36. The van der Waals surface area contributed by atoms with Gasteiger partial charge in [0, 0.05) is 11.8 Å². The minimum Gasteiger partial charge on any atom is -0.155 e. The zero-order chi connectivity index (χ0) is 21.9. The molecule has 2 saturated carbocycles. The summed E-state index contributed by atoms with van der Waals surface area (Å²) in [7, 11) is 0. The van der Waals surface area contributed by atoms with Crippen molar-refractivity contribution < 1.29 is 0 Å². The van der Waals surface area contributed by atoms with Crippen molar-refractivity contribution in [3.63, 3.8) is 0 Å². The highest BCUT2D eigenvalue weighted by Gasteiger charge is 2.26. The molecular formula is C28H47ClN2. The number of unbranched alkanes of at least 4 members (excludes halogenated alkanes) is 2. The molecule has 0 saturated heterocycles. The fourth-order valence-electron chi connectivity index (χ4n) is 6.09. The van der Waals surface area contributed by atoms with Crippen LogP contribution in [0.15, 0.2) is 12.1 Å². The Morgan fingerprint density at radius 1 is 0.742 bits per heavy atom. The van der Waals surface area contributed by atoms with Gasteiger partial charge >= 0.3 is 0 Å². The standard InChI is InChI=1S/C28H47ClN2/c1-3-5-6-8-23-9-11-24(12-10-23)15-18-26-19-20-27(31-30-26)21-28(29)25-16-13-22(7-4-2)14-17-25/h19-20,22-25,28H,3-18,21H2,1-2H3. The average molecular weight is 447 g/mol. The summed E-state index contributed by atoms with van der Waals surface area (Å²) in [6.45, 7) is 4.61. The van der Waals surface area contributed by atoms with Crippen molar-refractivity contribution in [3.05, 3.63) is 23.5 Å². The van der Waals surface area contributed by atoms with Gasteiger partial charge in [-0.3, -0.25) is 0 Å². The molecule has 31 heavy (non-hydrogen) atoms. The molecular weight excluding hydrogens is 400 g/mol. The van der Waals surface area contributed by atoms with Crippen LogP contribution in [0.3, 0.4) is 0 Å². The first-order chi connectivity index (χ1) is 15.2. The molecule has 2 fully saturated rings. The number of hydrogen-bond acceptors (Lipinski definition) is 2. The van der Waals surface area contributed by atoms with Crippen LogP contribution in [0.25, 0.3) is 0 Å². The third-order valence-corrected chi connectivity index (χ3v) is 8.78. The molecule has 0 radical (unpaired) electrons. The van der Waals surface area contributed by atoms with E-state index in [0.717, 1.165) is 36.3 Å². The van der Waals surface area contributed by atoms with Gasteiger partial charge in [-0.05, 0) is 61.5 Å². The van der Waals surface area contributed by atoms with E-state index in [2.05, 4.69) is 36.2 Å². The van der Waals surface area contributed by atoms with Gasteiger partial charge < -0.3 is 0 Å². The van der Waals surface area contributed by atoms with Gasteiger partial charge in [-0.2, -0.15) is 10.2 Å². The van der Waals surface area contributed by atoms with Crippen LogP contribution in [-0.4, -0.2) is 15.6 Å². The molecule has 1 aromatic rings. The van der Waals surface area contributed by atoms with Crippen LogP contribution < -0.4 is 0 Å². The molecule has 3 rings (SSSR count). The summed E-state index contributed by atoms with van der Waals surface area (Å²) in [4.78, 5) is 0. The van der Waals surface area contributed by atoms with Gasteiger partial charge in [-0.1, -0.05) is 90.9 Å². The van der Waals surface area contributed by atoms with E-state index >= 15 is 0 Å². The third kappa shape index (κ3) is 8.67. The van der Waals surface area contributed by atoms with Crippen LogP contribution in [0.5, 0.6) is 0 Å². The number of rotatable bonds is 12. The monoisotopic (exact) mass is 446 g/mol. The second-order valence-corrected chi connectivity index (χ2v) is 11.3. The Morgan fingerprint density at radius 2 is 1.32 bits per heavy atom. The maximum Gasteiger partial charge on any atom is 0.0646 e. The van der Waals surface area contributed by atoms with E-state index in [4.69, 9.17) is 11.6 Å². The fraction of sp³-hybridized carbons (Fsp3) is 0.857. The summed E-state index contributed by atoms with van der Waals surface area (Å²) < 4.78 is 0. The minimum absolute atomic E-state index is 0.218. The van der Waals surface area contributed by atoms with Gasteiger partial charge in [0.15, 0.2) is 0 Å². The molecule has 1 atom stereocenters. The van der Waals surface area contributed by atoms with Gasteiger partial charge in [0.1, 0.15) is 0 Å². The first-order valence-corrected chi connectivity index (χ1v) is 14.1. The predicted molar refractivity (Wildman–Crippen MR) is 134 cm³/mol. The zero-order valence-electron chi connectivity index (χ0n) is 20.3. The van der Waals surface area contributed by atoms with Crippen LogP contribution in [0, 0.1) is 23.7 Å². The topological polar surface area (TPSA) is 25.8 Å². The van der Waals surface area contributed by atoms with Crippen molar-refractivity contribution in [1.29, 1.82) is 0 Å². The quantitative estimate of drug-likeness (QED) is 0.237. The van der Waals surface area contributed by atoms with E-state index in [1.165, 1.54) is 102 Å². The lowest BCUT2D eigenvalue weighted by molar-refractivity contribution is 0.248. The van der Waals surface area contributed by atoms with Gasteiger partial charge in [0.25, 0.3) is 0 Å². The van der Waals surface area contributed by atoms with E-state index < -0.39 is 0 Å². The molecule has 176 valence electrons. The molecule has 0 bridgehead atoms. The largest absolute Gasteiger partial charge is 0.155 e. The molecule has 2 aliphatic carbocycles. The van der Waals surface area contributed by atoms with Gasteiger partial charge in [0.2, 0.25) is 0 Å². The minimum atomic E-state index is 0.218. The lowest BCUT2D eigenvalue weighted by atomic mass is 9.78. The normalized spacial score (nSPS) is 27.8. The van der Waals surface area contributed by atoms with Gasteiger partial charge in [-0.25, -0.2) is 0 Å². The molecule has 1 unspecified atom stereocenters. The summed E-state index contributed by atoms with van der Waals surface area (Å²) >= 11 is 6.81. The zero-order valence-corrected chi connectivity index (χ0v) is 21.1. The van der Waals surface area contributed by atoms with Crippen LogP contribution in [-0.2, 0) is 12.8 Å². The van der Waals surface area contributed by atoms with Crippen LogP contribution in [0.4, 0.5) is 0 Å². The summed E-state index contributed by atoms with van der Waals surface area (Å²) in [5, 5.41) is 9.31. The Hall–Kier alpha value is -0.630. The Kier molecular flexibility index (Phi) is 11.1. The van der Waals surface area contributed by atoms with Gasteiger partial charge in [-0.15, -0.1) is 11.6 Å². The summed E-state index contributed by atoms with van der Waals surface area (Å²) in [5.41, 5.74) is 2.24. The van der Waals surface area contributed by atoms with E-state index in [-0.39, 0.29) is 5.38 Å². The maximum absolute atomic E-state index is 6.81. The number of hydrogen-bond donors (Lipinski definition) is 0. The van der Waals surface area contributed by atoms with Crippen molar-refractivity contribution in [3.8, 4) is 0 Å². The SMILES string of the molecule is CCCCCC1CCC(CCc2ccc(CC(Cl)C3CCC(CCC)CC3)nn2)CC1. The molecule has 0 aliphatic heterocycles. The first kappa shape index (κ1) is 25.0. The molecule has 3 heteroatoms. The van der Waals surface area contributed by atoms with Crippen molar-refractivity contribution in [1.82, 2.24) is 10.2 Å². The van der Waals surface area contributed by atoms with E-state index in [1.807, 2.05) is 0 Å². The number of halogens is 1. The van der Waals surface area contributed by atoms with Crippen molar-refractivity contribution >= 4 is 11.6 Å². The molecule has 0 aromatic carbocycles. The summed E-state index contributed by atoms with van der Waals surface area (Å²) in [6, 6.07) is 4.39. The average Bonchev–Trinajstić information content (AvgIpc) is 2.80. The Bertz CT molecular complexity index is 586. The Balaban J connectivity index is 1.33. The summed E-state index contributed by atoms with van der Waals surface area (Å²) in [5.74, 6) is 3.51. The van der Waals surface area contributed by atoms with E-state index in [9.17, 15) is 0 Å². The van der Waals surface area contributed by atoms with Crippen molar-refractivity contribution in [2.24, 2.45) is 23.7 Å². The van der Waals surface area contributed by atoms with E-state index in [1.54, 1.807) is 0 Å². The van der Waals surface area contributed by atoms with Crippen molar-refractivity contribution in [2.75, 3.05) is 0 Å². The maximum atomic E-state index is 6.81. The number of nitrogens with zero attached hydrogens (tertiary/aromatic N) is 2. The molecule has 2 aliphatic rings. The fourth-order valence-corrected chi connectivity index (χ4v) is 6.50. The number of aromatic nitrogens is 2. The first-order valence-electron chi connectivity index (χ1n) is 13.6. The predicted octanol–water partition coefficient (Wildman–Crippen LogP) is 8.55. The highest BCUT2D eigenvalue weighted by atomic mass is 35.5. The highest BCUT2D eigenvalue weighted by molar-refractivity contribution is 6.20. The van der Waals surface area contributed by atoms with E-state index in [0.29, 0.717) is 5.92 Å². The molecule has 0 N–H and O–H groups in total. The molecule has 1 aromatic heterocycles. The van der Waals surface area contributed by atoms with Crippen molar-refractivity contribution in [2.45, 2.75) is 128 Å². The smallest absolute Gasteiger partial charge is 0.0646 e. The Morgan fingerprint density at radius 3 is 1.94 bits per heavy atom. The van der Waals surface area contributed by atoms with Crippen LogP contribution in [0.1, 0.15) is 122 Å². The molecule has 0 amide bonds.